The Hall–Kier alpha value is -1.48. The molecule has 0 aromatic carbocycles. The minimum atomic E-state index is -2.54. The first-order valence-electron chi connectivity index (χ1n) is 6.73. The van der Waals surface area contributed by atoms with E-state index in [-0.39, 0.29) is 6.03 Å². The van der Waals surface area contributed by atoms with Crippen LogP contribution in [0.4, 0.5) is 4.79 Å². The van der Waals surface area contributed by atoms with Crippen molar-refractivity contribution in [2.24, 2.45) is 0 Å². The van der Waals surface area contributed by atoms with E-state index in [0.29, 0.717) is 19.1 Å². The van der Waals surface area contributed by atoms with E-state index in [1.54, 1.807) is 27.5 Å². The molecule has 21 heavy (non-hydrogen) atoms. The lowest BCUT2D eigenvalue weighted by Crippen LogP contribution is -2.43. The summed E-state index contributed by atoms with van der Waals surface area (Å²) in [6.07, 6.45) is 2.41. The van der Waals surface area contributed by atoms with E-state index >= 15 is 0 Å². The van der Waals surface area contributed by atoms with Gasteiger partial charge in [-0.2, -0.15) is 0 Å². The van der Waals surface area contributed by atoms with Crippen molar-refractivity contribution in [2.45, 2.75) is 19.0 Å². The quantitative estimate of drug-likeness (QED) is 0.528. The number of aromatic nitrogens is 1. The van der Waals surface area contributed by atoms with E-state index in [9.17, 15) is 4.79 Å². The lowest BCUT2D eigenvalue weighted by Gasteiger charge is -2.38. The van der Waals surface area contributed by atoms with E-state index in [1.807, 2.05) is 18.2 Å². The number of urea groups is 1. The SMILES string of the molecule is CO[Si-](CCCNC(=O)NCc1ccccn1)(OC)OC. The van der Waals surface area contributed by atoms with Crippen LogP contribution in [0, 0.1) is 0 Å². The smallest absolute Gasteiger partial charge is 0.315 e. The Morgan fingerprint density at radius 3 is 2.48 bits per heavy atom. The van der Waals surface area contributed by atoms with Crippen LogP contribution in [0.15, 0.2) is 24.4 Å². The van der Waals surface area contributed by atoms with Crippen LogP contribution in [0.2, 0.25) is 6.04 Å². The van der Waals surface area contributed by atoms with Crippen LogP contribution in [0.3, 0.4) is 0 Å². The fourth-order valence-corrected chi connectivity index (χ4v) is 3.52. The normalized spacial score (nSPS) is 11.2. The highest BCUT2D eigenvalue weighted by atomic mass is 28.4. The van der Waals surface area contributed by atoms with Crippen molar-refractivity contribution in [1.29, 1.82) is 0 Å². The van der Waals surface area contributed by atoms with Gasteiger partial charge in [0.25, 0.3) is 8.80 Å². The maximum Gasteiger partial charge on any atom is 0.315 e. The zero-order chi connectivity index (χ0) is 15.6. The molecular formula is C13H23N3O4Si-. The molecule has 1 aromatic rings. The number of hydrogen-bond acceptors (Lipinski definition) is 5. The van der Waals surface area contributed by atoms with Gasteiger partial charge < -0.3 is 23.9 Å². The lowest BCUT2D eigenvalue weighted by molar-refractivity contribution is 0.123. The molecule has 2 N–H and O–H groups in total. The first-order valence-corrected chi connectivity index (χ1v) is 8.66. The van der Waals surface area contributed by atoms with Crippen LogP contribution in [-0.4, -0.2) is 47.7 Å². The Balaban J connectivity index is 2.19. The van der Waals surface area contributed by atoms with Crippen molar-refractivity contribution < 1.29 is 18.1 Å². The molecule has 1 rings (SSSR count). The predicted octanol–water partition coefficient (Wildman–Crippen LogP) is 1.15. The lowest BCUT2D eigenvalue weighted by atomic mass is 10.3. The summed E-state index contributed by atoms with van der Waals surface area (Å²) in [4.78, 5) is 15.7. The summed E-state index contributed by atoms with van der Waals surface area (Å²) in [6.45, 7) is 0.929. The standard InChI is InChI=1S/C13H23N3O4Si/c1-18-21(19-2,20-3)10-6-9-15-13(17)16-11-12-7-4-5-8-14-12/h4-5,7-8H,6,9-11H2,1-3H3,(H2,15,16,17)/q-1. The number of carbonyl (C=O) groups excluding carboxylic acids is 1. The topological polar surface area (TPSA) is 81.7 Å². The first kappa shape index (κ1) is 17.6. The van der Waals surface area contributed by atoms with E-state index < -0.39 is 8.80 Å². The van der Waals surface area contributed by atoms with Crippen LogP contribution in [-0.2, 0) is 19.8 Å². The second-order valence-corrected chi connectivity index (χ2v) is 7.42. The molecule has 0 aliphatic rings. The third-order valence-corrected chi connectivity index (χ3v) is 5.87. The fraction of sp³-hybridized carbons (Fsp3) is 0.538. The Morgan fingerprint density at radius 2 is 1.90 bits per heavy atom. The molecule has 0 fully saturated rings. The molecule has 0 aliphatic heterocycles. The third-order valence-electron chi connectivity index (χ3n) is 3.03. The van der Waals surface area contributed by atoms with E-state index in [1.165, 1.54) is 0 Å². The van der Waals surface area contributed by atoms with Crippen LogP contribution in [0.1, 0.15) is 12.1 Å². The zero-order valence-electron chi connectivity index (χ0n) is 12.7. The molecule has 0 atom stereocenters. The molecule has 0 saturated heterocycles. The number of amides is 2. The number of carbonyl (C=O) groups is 1. The summed E-state index contributed by atoms with van der Waals surface area (Å²) in [7, 11) is 2.18. The van der Waals surface area contributed by atoms with Gasteiger partial charge in [-0.1, -0.05) is 18.5 Å². The largest absolute Gasteiger partial charge is 0.527 e. The van der Waals surface area contributed by atoms with Gasteiger partial charge in [0.2, 0.25) is 0 Å². The van der Waals surface area contributed by atoms with Crippen LogP contribution in [0.25, 0.3) is 0 Å². The zero-order valence-corrected chi connectivity index (χ0v) is 13.7. The average molecular weight is 313 g/mol. The number of nitrogens with zero attached hydrogens (tertiary/aromatic N) is 1. The summed E-state index contributed by atoms with van der Waals surface area (Å²) in [5.74, 6) is 0. The summed E-state index contributed by atoms with van der Waals surface area (Å²) < 4.78 is 15.9. The molecule has 7 nitrogen and oxygen atoms in total. The van der Waals surface area contributed by atoms with Gasteiger partial charge in [0.1, 0.15) is 0 Å². The van der Waals surface area contributed by atoms with Crippen molar-refractivity contribution in [3.05, 3.63) is 30.1 Å². The second-order valence-electron chi connectivity index (χ2n) is 4.33. The molecule has 0 spiro atoms. The second kappa shape index (κ2) is 9.45. The highest BCUT2D eigenvalue weighted by molar-refractivity contribution is 6.60. The molecule has 1 aromatic heterocycles. The van der Waals surface area contributed by atoms with Gasteiger partial charge in [0.15, 0.2) is 0 Å². The Kier molecular flexibility index (Phi) is 7.91. The molecule has 2 amide bonds. The number of hydrogen-bond donors (Lipinski definition) is 2. The Morgan fingerprint density at radius 1 is 1.19 bits per heavy atom. The maximum absolute atomic E-state index is 11.6. The maximum atomic E-state index is 11.6. The van der Waals surface area contributed by atoms with Crippen molar-refractivity contribution in [2.75, 3.05) is 27.9 Å². The van der Waals surface area contributed by atoms with Crippen LogP contribution in [0.5, 0.6) is 0 Å². The van der Waals surface area contributed by atoms with Gasteiger partial charge >= 0.3 is 6.03 Å². The first-order chi connectivity index (χ1) is 10.2. The van der Waals surface area contributed by atoms with E-state index in [2.05, 4.69) is 15.6 Å². The molecule has 0 saturated carbocycles. The summed E-state index contributed by atoms with van der Waals surface area (Å²) in [5, 5.41) is 5.52. The molecule has 0 aliphatic carbocycles. The van der Waals surface area contributed by atoms with Gasteiger partial charge in [-0.15, -0.1) is 0 Å². The highest BCUT2D eigenvalue weighted by Crippen LogP contribution is 2.14. The summed E-state index contributed by atoms with van der Waals surface area (Å²) >= 11 is 0. The monoisotopic (exact) mass is 313 g/mol. The summed E-state index contributed by atoms with van der Waals surface area (Å²) in [6, 6.07) is 6.00. The van der Waals surface area contributed by atoms with E-state index in [0.717, 1.165) is 12.1 Å². The highest BCUT2D eigenvalue weighted by Gasteiger charge is 2.21. The van der Waals surface area contributed by atoms with Gasteiger partial charge in [-0.3, -0.25) is 4.98 Å². The molecule has 0 radical (unpaired) electrons. The molecule has 0 bridgehead atoms. The van der Waals surface area contributed by atoms with Crippen molar-refractivity contribution >= 4 is 14.8 Å². The van der Waals surface area contributed by atoms with Crippen molar-refractivity contribution in [3.8, 4) is 0 Å². The van der Waals surface area contributed by atoms with Gasteiger partial charge in [0.05, 0.1) is 12.2 Å². The third kappa shape index (κ3) is 6.21. The van der Waals surface area contributed by atoms with Gasteiger partial charge in [0, 0.05) is 12.7 Å². The molecule has 119 valence electrons. The number of rotatable bonds is 9. The molecule has 1 heterocycles. The molecular weight excluding hydrogens is 290 g/mol. The average Bonchev–Trinajstić information content (AvgIpc) is 2.55. The minimum absolute atomic E-state index is 0.222. The number of nitrogens with one attached hydrogen (secondary N) is 2. The Bertz CT molecular complexity index is 407. The van der Waals surface area contributed by atoms with Gasteiger partial charge in [-0.25, -0.2) is 4.79 Å². The summed E-state index contributed by atoms with van der Waals surface area (Å²) in [5.41, 5.74) is 0.817. The minimum Gasteiger partial charge on any atom is -0.527 e. The van der Waals surface area contributed by atoms with E-state index in [4.69, 9.17) is 13.3 Å². The molecule has 0 unspecified atom stereocenters. The van der Waals surface area contributed by atoms with Gasteiger partial charge in [-0.05, 0) is 33.5 Å². The van der Waals surface area contributed by atoms with Crippen molar-refractivity contribution in [1.82, 2.24) is 15.6 Å². The fourth-order valence-electron chi connectivity index (χ4n) is 1.80. The molecule has 8 heteroatoms. The van der Waals surface area contributed by atoms with Crippen LogP contribution >= 0.6 is 0 Å². The van der Waals surface area contributed by atoms with Crippen molar-refractivity contribution in [3.63, 3.8) is 0 Å². The Labute approximate surface area is 126 Å². The van der Waals surface area contributed by atoms with Crippen LogP contribution < -0.4 is 10.6 Å². The predicted molar refractivity (Wildman–Crippen MR) is 80.7 cm³/mol. The number of pyridine rings is 1.